The molecule has 0 radical (unpaired) electrons. The molecule has 4 rings (SSSR count). The third kappa shape index (κ3) is 7.13. The highest BCUT2D eigenvalue weighted by molar-refractivity contribution is 7.90. The Hall–Kier alpha value is -4.17. The highest BCUT2D eigenvalue weighted by Gasteiger charge is 2.21. The number of nitrogens with one attached hydrogen (secondary N) is 2. The molecule has 0 saturated carbocycles. The summed E-state index contributed by atoms with van der Waals surface area (Å²) in [5, 5.41) is 5.14. The minimum Gasteiger partial charge on any atom is -0.496 e. The number of hydrogen-bond acceptors (Lipinski definition) is 5. The standard InChI is InChI=1S/C33H36N2O5S/c1-5-17-34-32(36)23(3)18-24-13-14-25-10-8-11-26(29(25)19-24)20-27-15-16-28(21-30(27)40-4)33(37)35-41(38,39)31-12-7-6-9-22(31)2/h6-16,19,21,23H,5,17-18,20H2,1-4H3,(H,34,36)(H,35,37). The summed E-state index contributed by atoms with van der Waals surface area (Å²) in [6.07, 6.45) is 2.08. The van der Waals surface area contributed by atoms with Crippen molar-refractivity contribution in [3.8, 4) is 5.75 Å². The van der Waals surface area contributed by atoms with Crippen molar-refractivity contribution in [1.82, 2.24) is 10.0 Å². The van der Waals surface area contributed by atoms with E-state index in [0.29, 0.717) is 30.7 Å². The van der Waals surface area contributed by atoms with Gasteiger partial charge in [-0.3, -0.25) is 9.59 Å². The molecule has 0 fully saturated rings. The lowest BCUT2D eigenvalue weighted by atomic mass is 9.93. The van der Waals surface area contributed by atoms with Crippen molar-refractivity contribution < 1.29 is 22.7 Å². The third-order valence-electron chi connectivity index (χ3n) is 7.12. The van der Waals surface area contributed by atoms with Gasteiger partial charge in [-0.25, -0.2) is 13.1 Å². The number of aryl methyl sites for hydroxylation is 1. The summed E-state index contributed by atoms with van der Waals surface area (Å²) in [4.78, 5) is 25.4. The van der Waals surface area contributed by atoms with E-state index in [1.165, 1.54) is 13.2 Å². The number of methoxy groups -OCH3 is 1. The van der Waals surface area contributed by atoms with Crippen LogP contribution < -0.4 is 14.8 Å². The molecular weight excluding hydrogens is 536 g/mol. The topological polar surface area (TPSA) is 102 Å². The minimum atomic E-state index is -4.03. The van der Waals surface area contributed by atoms with Gasteiger partial charge in [0, 0.05) is 24.4 Å². The van der Waals surface area contributed by atoms with Crippen LogP contribution in [0.4, 0.5) is 0 Å². The Balaban J connectivity index is 1.56. The maximum Gasteiger partial charge on any atom is 0.265 e. The molecule has 0 aliphatic rings. The predicted molar refractivity (Wildman–Crippen MR) is 162 cm³/mol. The van der Waals surface area contributed by atoms with Crippen LogP contribution in [-0.2, 0) is 27.7 Å². The SMILES string of the molecule is CCCNC(=O)C(C)Cc1ccc2cccc(Cc3ccc(C(=O)NS(=O)(=O)c4ccccc4C)cc3OC)c2c1. The van der Waals surface area contributed by atoms with Gasteiger partial charge in [0.15, 0.2) is 0 Å². The Morgan fingerprint density at radius 3 is 2.44 bits per heavy atom. The summed E-state index contributed by atoms with van der Waals surface area (Å²) in [5.74, 6) is -0.328. The molecular formula is C33H36N2O5S. The molecule has 0 bridgehead atoms. The van der Waals surface area contributed by atoms with E-state index < -0.39 is 15.9 Å². The largest absolute Gasteiger partial charge is 0.496 e. The van der Waals surface area contributed by atoms with Crippen molar-refractivity contribution in [3.05, 3.63) is 107 Å². The van der Waals surface area contributed by atoms with E-state index in [2.05, 4.69) is 40.4 Å². The maximum absolute atomic E-state index is 12.9. The number of benzene rings is 4. The Labute approximate surface area is 242 Å². The first kappa shape index (κ1) is 29.8. The van der Waals surface area contributed by atoms with E-state index in [-0.39, 0.29) is 22.3 Å². The number of amides is 2. The zero-order valence-corrected chi connectivity index (χ0v) is 24.7. The van der Waals surface area contributed by atoms with Crippen molar-refractivity contribution >= 4 is 32.6 Å². The molecule has 0 saturated heterocycles. The van der Waals surface area contributed by atoms with Gasteiger partial charge in [0.05, 0.1) is 12.0 Å². The number of sulfonamides is 1. The molecule has 4 aromatic rings. The van der Waals surface area contributed by atoms with Crippen LogP contribution in [-0.4, -0.2) is 33.9 Å². The van der Waals surface area contributed by atoms with Gasteiger partial charge in [-0.2, -0.15) is 0 Å². The van der Waals surface area contributed by atoms with Crippen LogP contribution in [0.5, 0.6) is 5.75 Å². The Morgan fingerprint density at radius 1 is 0.927 bits per heavy atom. The third-order valence-corrected chi connectivity index (χ3v) is 8.61. The normalized spacial score (nSPS) is 12.1. The summed E-state index contributed by atoms with van der Waals surface area (Å²) in [6, 6.07) is 23.8. The molecule has 0 heterocycles. The van der Waals surface area contributed by atoms with E-state index in [9.17, 15) is 18.0 Å². The number of ether oxygens (including phenoxy) is 1. The predicted octanol–water partition coefficient (Wildman–Crippen LogP) is 5.57. The number of carbonyl (C=O) groups is 2. The Bertz CT molecular complexity index is 1680. The lowest BCUT2D eigenvalue weighted by Gasteiger charge is -2.15. The Kier molecular flexibility index (Phi) is 9.45. The zero-order chi connectivity index (χ0) is 29.6. The molecule has 1 unspecified atom stereocenters. The number of rotatable bonds is 11. The molecule has 0 spiro atoms. The van der Waals surface area contributed by atoms with Gasteiger partial charge >= 0.3 is 0 Å². The van der Waals surface area contributed by atoms with Gasteiger partial charge < -0.3 is 10.1 Å². The minimum absolute atomic E-state index is 0.0563. The highest BCUT2D eigenvalue weighted by atomic mass is 32.2. The molecule has 0 aliphatic heterocycles. The smallest absolute Gasteiger partial charge is 0.265 e. The summed E-state index contributed by atoms with van der Waals surface area (Å²) in [7, 11) is -2.50. The zero-order valence-electron chi connectivity index (χ0n) is 23.9. The molecule has 8 heteroatoms. The van der Waals surface area contributed by atoms with E-state index in [4.69, 9.17) is 4.74 Å². The van der Waals surface area contributed by atoms with E-state index in [0.717, 1.165) is 33.9 Å². The average Bonchev–Trinajstić information content (AvgIpc) is 2.96. The first-order valence-corrected chi connectivity index (χ1v) is 15.2. The van der Waals surface area contributed by atoms with Crippen molar-refractivity contribution in [2.45, 2.75) is 44.9 Å². The van der Waals surface area contributed by atoms with Crippen molar-refractivity contribution in [2.75, 3.05) is 13.7 Å². The van der Waals surface area contributed by atoms with Crippen molar-refractivity contribution in [2.24, 2.45) is 5.92 Å². The second kappa shape index (κ2) is 13.0. The van der Waals surface area contributed by atoms with E-state index in [1.54, 1.807) is 43.3 Å². The molecule has 7 nitrogen and oxygen atoms in total. The van der Waals surface area contributed by atoms with Crippen LogP contribution >= 0.6 is 0 Å². The lowest BCUT2D eigenvalue weighted by molar-refractivity contribution is -0.124. The van der Waals surface area contributed by atoms with E-state index >= 15 is 0 Å². The first-order valence-electron chi connectivity index (χ1n) is 13.7. The fraction of sp³-hybridized carbons (Fsp3) is 0.273. The molecule has 4 aromatic carbocycles. The molecule has 0 aliphatic carbocycles. The second-order valence-electron chi connectivity index (χ2n) is 10.3. The quantitative estimate of drug-likeness (QED) is 0.245. The van der Waals surface area contributed by atoms with Gasteiger partial charge in [0.25, 0.3) is 15.9 Å². The summed E-state index contributed by atoms with van der Waals surface area (Å²) < 4.78 is 33.4. The number of fused-ring (bicyclic) bond motifs is 1. The van der Waals surface area contributed by atoms with Gasteiger partial charge in [-0.1, -0.05) is 74.5 Å². The highest BCUT2D eigenvalue weighted by Crippen LogP contribution is 2.28. The van der Waals surface area contributed by atoms with Crippen molar-refractivity contribution in [3.63, 3.8) is 0 Å². The van der Waals surface area contributed by atoms with Crippen LogP contribution in [0.1, 0.15) is 52.9 Å². The fourth-order valence-electron chi connectivity index (χ4n) is 4.87. The van der Waals surface area contributed by atoms with Crippen molar-refractivity contribution in [1.29, 1.82) is 0 Å². The van der Waals surface area contributed by atoms with Gasteiger partial charge in [0.2, 0.25) is 5.91 Å². The van der Waals surface area contributed by atoms with Crippen LogP contribution in [0.3, 0.4) is 0 Å². The molecule has 2 amide bonds. The fourth-order valence-corrected chi connectivity index (χ4v) is 6.09. The van der Waals surface area contributed by atoms with Crippen LogP contribution in [0, 0.1) is 12.8 Å². The molecule has 41 heavy (non-hydrogen) atoms. The van der Waals surface area contributed by atoms with Crippen LogP contribution in [0.2, 0.25) is 0 Å². The summed E-state index contributed by atoms with van der Waals surface area (Å²) in [5.41, 5.74) is 3.74. The summed E-state index contributed by atoms with van der Waals surface area (Å²) >= 11 is 0. The van der Waals surface area contributed by atoms with Crippen LogP contribution in [0.15, 0.2) is 83.8 Å². The number of carbonyl (C=O) groups excluding carboxylic acids is 2. The van der Waals surface area contributed by atoms with E-state index in [1.807, 2.05) is 19.9 Å². The second-order valence-corrected chi connectivity index (χ2v) is 11.9. The first-order chi connectivity index (χ1) is 19.6. The summed E-state index contributed by atoms with van der Waals surface area (Å²) in [6.45, 7) is 6.33. The monoisotopic (exact) mass is 572 g/mol. The van der Waals surface area contributed by atoms with Gasteiger partial charge in [-0.15, -0.1) is 0 Å². The van der Waals surface area contributed by atoms with Gasteiger partial charge in [0.1, 0.15) is 5.75 Å². The lowest BCUT2D eigenvalue weighted by Crippen LogP contribution is -2.31. The Morgan fingerprint density at radius 2 is 1.71 bits per heavy atom. The number of hydrogen-bond donors (Lipinski definition) is 2. The molecule has 0 aromatic heterocycles. The average molecular weight is 573 g/mol. The molecule has 1 atom stereocenters. The van der Waals surface area contributed by atoms with Gasteiger partial charge in [-0.05, 0) is 71.0 Å². The maximum atomic E-state index is 12.9. The molecule has 2 N–H and O–H groups in total. The molecule has 214 valence electrons. The van der Waals surface area contributed by atoms with Crippen LogP contribution in [0.25, 0.3) is 10.8 Å².